The van der Waals surface area contributed by atoms with E-state index in [2.05, 4.69) is 10.1 Å². The molecule has 0 aliphatic rings. The molecule has 5 nitrogen and oxygen atoms in total. The summed E-state index contributed by atoms with van der Waals surface area (Å²) in [7, 11) is 1.81. The van der Waals surface area contributed by atoms with E-state index in [9.17, 15) is 4.79 Å². The van der Waals surface area contributed by atoms with Crippen LogP contribution in [0.2, 0.25) is 0 Å². The highest BCUT2D eigenvalue weighted by Crippen LogP contribution is 2.16. The zero-order valence-electron chi connectivity index (χ0n) is 10.7. The Balaban J connectivity index is 2.34. The number of aromatic nitrogens is 3. The largest absolute Gasteiger partial charge is 0.492 e. The van der Waals surface area contributed by atoms with E-state index in [-0.39, 0.29) is 5.78 Å². The van der Waals surface area contributed by atoms with Crippen molar-refractivity contribution in [2.75, 3.05) is 6.61 Å². The first-order chi connectivity index (χ1) is 8.63. The first-order valence-corrected chi connectivity index (χ1v) is 5.74. The van der Waals surface area contributed by atoms with Crippen molar-refractivity contribution in [2.24, 2.45) is 7.05 Å². The molecule has 0 saturated carbocycles. The second kappa shape index (κ2) is 5.00. The summed E-state index contributed by atoms with van der Waals surface area (Å²) in [4.78, 5) is 16.3. The predicted octanol–water partition coefficient (Wildman–Crippen LogP) is 1.75. The lowest BCUT2D eigenvalue weighted by atomic mass is 10.1. The minimum Gasteiger partial charge on any atom is -0.492 e. The van der Waals surface area contributed by atoms with Crippen LogP contribution >= 0.6 is 0 Å². The van der Waals surface area contributed by atoms with E-state index in [0.717, 1.165) is 5.69 Å². The number of nitrogens with zero attached hydrogens (tertiary/aromatic N) is 3. The second-order valence-electron chi connectivity index (χ2n) is 3.94. The van der Waals surface area contributed by atoms with Crippen LogP contribution in [0.25, 0.3) is 0 Å². The smallest absolute Gasteiger partial charge is 0.198 e. The van der Waals surface area contributed by atoms with Gasteiger partial charge in [0, 0.05) is 24.5 Å². The van der Waals surface area contributed by atoms with Crippen LogP contribution in [0.5, 0.6) is 5.75 Å². The highest BCUT2D eigenvalue weighted by atomic mass is 16.5. The Bertz CT molecular complexity index is 575. The van der Waals surface area contributed by atoms with E-state index in [1.165, 1.54) is 6.20 Å². The van der Waals surface area contributed by atoms with Gasteiger partial charge in [0.05, 0.1) is 24.6 Å². The van der Waals surface area contributed by atoms with Crippen molar-refractivity contribution in [3.05, 3.63) is 41.5 Å². The number of carbonyl (C=O) groups is 1. The van der Waals surface area contributed by atoms with Crippen LogP contribution < -0.4 is 4.74 Å². The standard InChI is InChI=1S/C13H15N3O2/c1-4-18-11-5-10(6-14-7-11)13(17)12-8-15-16(3)9(12)2/h5-8H,4H2,1-3H3. The molecule has 0 bridgehead atoms. The molecule has 2 aromatic heterocycles. The number of hydrogen-bond donors (Lipinski definition) is 0. The summed E-state index contributed by atoms with van der Waals surface area (Å²) in [5.74, 6) is 0.513. The van der Waals surface area contributed by atoms with Crippen LogP contribution in [0.3, 0.4) is 0 Å². The average molecular weight is 245 g/mol. The van der Waals surface area contributed by atoms with Gasteiger partial charge in [0.25, 0.3) is 0 Å². The molecule has 0 radical (unpaired) electrons. The van der Waals surface area contributed by atoms with Gasteiger partial charge in [0.15, 0.2) is 5.78 Å². The number of ketones is 1. The quantitative estimate of drug-likeness (QED) is 0.770. The predicted molar refractivity (Wildman–Crippen MR) is 66.8 cm³/mol. The van der Waals surface area contributed by atoms with Crippen LogP contribution in [0.4, 0.5) is 0 Å². The lowest BCUT2D eigenvalue weighted by Crippen LogP contribution is -2.05. The van der Waals surface area contributed by atoms with Gasteiger partial charge in [-0.15, -0.1) is 0 Å². The monoisotopic (exact) mass is 245 g/mol. The molecule has 2 aromatic rings. The average Bonchev–Trinajstić information content (AvgIpc) is 2.70. The van der Waals surface area contributed by atoms with E-state index in [1.54, 1.807) is 30.2 Å². The number of ether oxygens (including phenoxy) is 1. The van der Waals surface area contributed by atoms with Gasteiger partial charge in [-0.05, 0) is 19.9 Å². The summed E-state index contributed by atoms with van der Waals surface area (Å²) in [6, 6.07) is 1.70. The SMILES string of the molecule is CCOc1cncc(C(=O)c2cnn(C)c2C)c1. The topological polar surface area (TPSA) is 57.0 Å². The molecule has 0 saturated heterocycles. The molecule has 18 heavy (non-hydrogen) atoms. The summed E-state index contributed by atoms with van der Waals surface area (Å²) < 4.78 is 7.01. The van der Waals surface area contributed by atoms with Gasteiger partial charge in [0.1, 0.15) is 5.75 Å². The summed E-state index contributed by atoms with van der Waals surface area (Å²) in [5.41, 5.74) is 1.94. The highest BCUT2D eigenvalue weighted by molar-refractivity contribution is 6.09. The molecular formula is C13H15N3O2. The lowest BCUT2D eigenvalue weighted by Gasteiger charge is -2.04. The minimum atomic E-state index is -0.0883. The summed E-state index contributed by atoms with van der Waals surface area (Å²) in [6.07, 6.45) is 4.71. The van der Waals surface area contributed by atoms with Gasteiger partial charge < -0.3 is 4.74 Å². The summed E-state index contributed by atoms with van der Waals surface area (Å²) >= 11 is 0. The second-order valence-corrected chi connectivity index (χ2v) is 3.94. The fraction of sp³-hybridized carbons (Fsp3) is 0.308. The van der Waals surface area contributed by atoms with Crippen LogP contribution in [0, 0.1) is 6.92 Å². The molecule has 2 heterocycles. The fourth-order valence-corrected chi connectivity index (χ4v) is 1.67. The lowest BCUT2D eigenvalue weighted by molar-refractivity contribution is 0.103. The van der Waals surface area contributed by atoms with E-state index in [0.29, 0.717) is 23.5 Å². The molecule has 0 unspecified atom stereocenters. The van der Waals surface area contributed by atoms with Gasteiger partial charge in [-0.1, -0.05) is 0 Å². The third-order valence-electron chi connectivity index (χ3n) is 2.77. The third kappa shape index (κ3) is 2.25. The van der Waals surface area contributed by atoms with Gasteiger partial charge in [0.2, 0.25) is 0 Å². The molecule has 0 aliphatic carbocycles. The maximum absolute atomic E-state index is 12.3. The molecule has 94 valence electrons. The summed E-state index contributed by atoms with van der Waals surface area (Å²) in [6.45, 7) is 4.30. The van der Waals surface area contributed by atoms with E-state index < -0.39 is 0 Å². The molecule has 0 fully saturated rings. The Hall–Kier alpha value is -2.17. The highest BCUT2D eigenvalue weighted by Gasteiger charge is 2.15. The molecule has 0 atom stereocenters. The molecule has 0 spiro atoms. The van der Waals surface area contributed by atoms with Crippen molar-refractivity contribution < 1.29 is 9.53 Å². The first kappa shape index (κ1) is 12.3. The maximum atomic E-state index is 12.3. The van der Waals surface area contributed by atoms with Gasteiger partial charge in [-0.3, -0.25) is 14.5 Å². The first-order valence-electron chi connectivity index (χ1n) is 5.74. The zero-order valence-corrected chi connectivity index (χ0v) is 10.7. The number of aryl methyl sites for hydroxylation is 1. The Morgan fingerprint density at radius 1 is 1.39 bits per heavy atom. The molecular weight excluding hydrogens is 230 g/mol. The fourth-order valence-electron chi connectivity index (χ4n) is 1.67. The number of carbonyl (C=O) groups excluding carboxylic acids is 1. The van der Waals surface area contributed by atoms with Crippen molar-refractivity contribution >= 4 is 5.78 Å². The molecule has 5 heteroatoms. The molecule has 2 rings (SSSR count). The van der Waals surface area contributed by atoms with Gasteiger partial charge in [-0.2, -0.15) is 5.10 Å². The van der Waals surface area contributed by atoms with E-state index in [1.807, 2.05) is 13.8 Å². The van der Waals surface area contributed by atoms with Crippen molar-refractivity contribution in [1.82, 2.24) is 14.8 Å². The third-order valence-corrected chi connectivity index (χ3v) is 2.77. The Morgan fingerprint density at radius 2 is 2.17 bits per heavy atom. The molecule has 0 aromatic carbocycles. The molecule has 0 aliphatic heterocycles. The number of pyridine rings is 1. The molecule has 0 amide bonds. The van der Waals surface area contributed by atoms with Crippen molar-refractivity contribution in [2.45, 2.75) is 13.8 Å². The Morgan fingerprint density at radius 3 is 2.78 bits per heavy atom. The van der Waals surface area contributed by atoms with Crippen molar-refractivity contribution in [1.29, 1.82) is 0 Å². The number of rotatable bonds is 4. The van der Waals surface area contributed by atoms with Gasteiger partial charge in [-0.25, -0.2) is 0 Å². The van der Waals surface area contributed by atoms with E-state index in [4.69, 9.17) is 4.74 Å². The number of hydrogen-bond acceptors (Lipinski definition) is 4. The van der Waals surface area contributed by atoms with Crippen LogP contribution in [-0.4, -0.2) is 27.2 Å². The van der Waals surface area contributed by atoms with Crippen LogP contribution in [0.15, 0.2) is 24.7 Å². The van der Waals surface area contributed by atoms with Crippen LogP contribution in [0.1, 0.15) is 28.5 Å². The van der Waals surface area contributed by atoms with E-state index >= 15 is 0 Å². The Labute approximate surface area is 105 Å². The normalized spacial score (nSPS) is 10.4. The zero-order chi connectivity index (χ0) is 13.1. The van der Waals surface area contributed by atoms with Crippen molar-refractivity contribution in [3.8, 4) is 5.75 Å². The van der Waals surface area contributed by atoms with Crippen LogP contribution in [-0.2, 0) is 7.05 Å². The summed E-state index contributed by atoms with van der Waals surface area (Å²) in [5, 5.41) is 4.07. The van der Waals surface area contributed by atoms with Crippen molar-refractivity contribution in [3.63, 3.8) is 0 Å². The maximum Gasteiger partial charge on any atom is 0.198 e. The minimum absolute atomic E-state index is 0.0883. The Kier molecular flexibility index (Phi) is 3.41. The van der Waals surface area contributed by atoms with Gasteiger partial charge >= 0.3 is 0 Å². The molecule has 0 N–H and O–H groups in total.